The lowest BCUT2D eigenvalue weighted by Crippen LogP contribution is -2.16. The van der Waals surface area contributed by atoms with Gasteiger partial charge in [-0.3, -0.25) is 0 Å². The fourth-order valence-electron chi connectivity index (χ4n) is 2.70. The molecule has 0 amide bonds. The van der Waals surface area contributed by atoms with Crippen molar-refractivity contribution in [2.24, 2.45) is 5.92 Å². The van der Waals surface area contributed by atoms with Crippen LogP contribution in [0.15, 0.2) is 12.1 Å². The lowest BCUT2D eigenvalue weighted by Gasteiger charge is -2.22. The van der Waals surface area contributed by atoms with Gasteiger partial charge in [-0.2, -0.15) is 0 Å². The maximum Gasteiger partial charge on any atom is 0.340 e. The first kappa shape index (κ1) is 15.5. The van der Waals surface area contributed by atoms with E-state index in [-0.39, 0.29) is 0 Å². The Labute approximate surface area is 125 Å². The van der Waals surface area contributed by atoms with Crippen LogP contribution in [0.5, 0.6) is 11.5 Å². The maximum atomic E-state index is 11.7. The van der Waals surface area contributed by atoms with Gasteiger partial charge in [0.1, 0.15) is 0 Å². The Hall–Kier alpha value is -1.91. The van der Waals surface area contributed by atoms with Crippen molar-refractivity contribution in [2.45, 2.75) is 32.1 Å². The van der Waals surface area contributed by atoms with E-state index >= 15 is 0 Å². The molecule has 5 nitrogen and oxygen atoms in total. The second-order valence-corrected chi connectivity index (χ2v) is 5.40. The van der Waals surface area contributed by atoms with E-state index in [0.717, 1.165) is 0 Å². The summed E-state index contributed by atoms with van der Waals surface area (Å²) in [5.74, 6) is 1.17. The molecule has 116 valence electrons. The standard InChI is InChI=1S/C16H23NO4/c1-19-14-9-13(17)12(16(18)20-2)8-15(14)21-10-11-6-4-3-5-7-11/h8-9,11H,3-7,10,17H2,1-2H3. The minimum absolute atomic E-state index is 0.303. The second-order valence-electron chi connectivity index (χ2n) is 5.40. The van der Waals surface area contributed by atoms with Gasteiger partial charge < -0.3 is 19.9 Å². The molecule has 0 radical (unpaired) electrons. The van der Waals surface area contributed by atoms with Crippen molar-refractivity contribution in [3.8, 4) is 11.5 Å². The average molecular weight is 293 g/mol. The van der Waals surface area contributed by atoms with Crippen LogP contribution in [-0.4, -0.2) is 26.8 Å². The number of hydrogen-bond acceptors (Lipinski definition) is 5. The number of hydrogen-bond donors (Lipinski definition) is 1. The first-order valence-corrected chi connectivity index (χ1v) is 7.34. The average Bonchev–Trinajstić information content (AvgIpc) is 2.53. The monoisotopic (exact) mass is 293 g/mol. The molecule has 2 rings (SSSR count). The Morgan fingerprint density at radius 2 is 1.90 bits per heavy atom. The molecule has 0 heterocycles. The van der Waals surface area contributed by atoms with Crippen molar-refractivity contribution in [1.82, 2.24) is 0 Å². The van der Waals surface area contributed by atoms with Gasteiger partial charge in [0.25, 0.3) is 0 Å². The van der Waals surface area contributed by atoms with Crippen molar-refractivity contribution >= 4 is 11.7 Å². The van der Waals surface area contributed by atoms with E-state index in [1.54, 1.807) is 19.2 Å². The van der Waals surface area contributed by atoms with Gasteiger partial charge in [-0.05, 0) is 18.8 Å². The third-order valence-corrected chi connectivity index (χ3v) is 3.94. The lowest BCUT2D eigenvalue weighted by atomic mass is 9.90. The number of anilines is 1. The minimum Gasteiger partial charge on any atom is -0.493 e. The SMILES string of the molecule is COC(=O)c1cc(OCC2CCCCC2)c(OC)cc1N. The maximum absolute atomic E-state index is 11.7. The van der Waals surface area contributed by atoms with Crippen molar-refractivity contribution in [3.63, 3.8) is 0 Å². The molecule has 1 aliphatic carbocycles. The zero-order valence-corrected chi connectivity index (χ0v) is 12.7. The smallest absolute Gasteiger partial charge is 0.340 e. The summed E-state index contributed by atoms with van der Waals surface area (Å²) in [7, 11) is 2.88. The van der Waals surface area contributed by atoms with Crippen molar-refractivity contribution in [1.29, 1.82) is 0 Å². The number of rotatable bonds is 5. The summed E-state index contributed by atoms with van der Waals surface area (Å²) in [6.45, 7) is 0.640. The normalized spacial score (nSPS) is 15.5. The van der Waals surface area contributed by atoms with E-state index in [9.17, 15) is 4.79 Å². The first-order valence-electron chi connectivity index (χ1n) is 7.34. The molecule has 0 unspecified atom stereocenters. The lowest BCUT2D eigenvalue weighted by molar-refractivity contribution is 0.0601. The predicted molar refractivity (Wildman–Crippen MR) is 80.8 cm³/mol. The van der Waals surface area contributed by atoms with Crippen LogP contribution in [0.4, 0.5) is 5.69 Å². The summed E-state index contributed by atoms with van der Waals surface area (Å²) in [6.07, 6.45) is 6.23. The van der Waals surface area contributed by atoms with E-state index in [0.29, 0.717) is 35.3 Å². The summed E-state index contributed by atoms with van der Waals surface area (Å²) in [5.41, 5.74) is 6.47. The molecule has 2 N–H and O–H groups in total. The highest BCUT2D eigenvalue weighted by atomic mass is 16.5. The zero-order valence-electron chi connectivity index (χ0n) is 12.7. The highest BCUT2D eigenvalue weighted by Gasteiger charge is 2.18. The van der Waals surface area contributed by atoms with E-state index in [1.165, 1.54) is 39.2 Å². The molecule has 0 spiro atoms. The second kappa shape index (κ2) is 7.20. The van der Waals surface area contributed by atoms with Crippen LogP contribution in [0.25, 0.3) is 0 Å². The minimum atomic E-state index is -0.474. The Kier molecular flexibility index (Phi) is 5.31. The first-order chi connectivity index (χ1) is 10.2. The third kappa shape index (κ3) is 3.80. The van der Waals surface area contributed by atoms with Gasteiger partial charge in [0.2, 0.25) is 0 Å². The molecular weight excluding hydrogens is 270 g/mol. The van der Waals surface area contributed by atoms with Crippen molar-refractivity contribution < 1.29 is 19.0 Å². The summed E-state index contributed by atoms with van der Waals surface area (Å²) in [6, 6.07) is 3.20. The van der Waals surface area contributed by atoms with Crippen LogP contribution in [0.3, 0.4) is 0 Å². The fraction of sp³-hybridized carbons (Fsp3) is 0.562. The molecule has 1 fully saturated rings. The quantitative estimate of drug-likeness (QED) is 0.667. The van der Waals surface area contributed by atoms with E-state index in [1.807, 2.05) is 0 Å². The van der Waals surface area contributed by atoms with Crippen LogP contribution in [0, 0.1) is 5.92 Å². The topological polar surface area (TPSA) is 70.8 Å². The number of nitrogen functional groups attached to an aromatic ring is 1. The van der Waals surface area contributed by atoms with Crippen LogP contribution >= 0.6 is 0 Å². The van der Waals surface area contributed by atoms with Gasteiger partial charge >= 0.3 is 5.97 Å². The van der Waals surface area contributed by atoms with Gasteiger partial charge in [-0.25, -0.2) is 4.79 Å². The van der Waals surface area contributed by atoms with Crippen LogP contribution in [0.1, 0.15) is 42.5 Å². The van der Waals surface area contributed by atoms with Crippen molar-refractivity contribution in [2.75, 3.05) is 26.6 Å². The molecule has 0 bridgehead atoms. The van der Waals surface area contributed by atoms with Gasteiger partial charge in [0.05, 0.1) is 32.1 Å². The summed E-state index contributed by atoms with van der Waals surface area (Å²) < 4.78 is 15.9. The molecule has 0 saturated heterocycles. The van der Waals surface area contributed by atoms with Crippen LogP contribution < -0.4 is 15.2 Å². The van der Waals surface area contributed by atoms with E-state index in [2.05, 4.69) is 0 Å². The molecule has 0 atom stereocenters. The predicted octanol–water partition coefficient (Wildman–Crippen LogP) is 3.02. The van der Waals surface area contributed by atoms with Crippen molar-refractivity contribution in [3.05, 3.63) is 17.7 Å². The Balaban J connectivity index is 2.13. The van der Waals surface area contributed by atoms with Gasteiger partial charge in [0.15, 0.2) is 11.5 Å². The van der Waals surface area contributed by atoms with Gasteiger partial charge in [-0.1, -0.05) is 19.3 Å². The highest BCUT2D eigenvalue weighted by molar-refractivity contribution is 5.96. The molecule has 0 aromatic heterocycles. The number of ether oxygens (including phenoxy) is 3. The number of nitrogens with two attached hydrogens (primary N) is 1. The van der Waals surface area contributed by atoms with Crippen LogP contribution in [-0.2, 0) is 4.74 Å². The van der Waals surface area contributed by atoms with Gasteiger partial charge in [-0.15, -0.1) is 0 Å². The Bertz CT molecular complexity index is 495. The third-order valence-electron chi connectivity index (χ3n) is 3.94. The summed E-state index contributed by atoms with van der Waals surface area (Å²) in [5, 5.41) is 0. The van der Waals surface area contributed by atoms with E-state index < -0.39 is 5.97 Å². The molecule has 1 aliphatic rings. The molecule has 1 aromatic carbocycles. The summed E-state index contributed by atoms with van der Waals surface area (Å²) in [4.78, 5) is 11.7. The highest BCUT2D eigenvalue weighted by Crippen LogP contribution is 2.34. The number of carbonyl (C=O) groups excluding carboxylic acids is 1. The van der Waals surface area contributed by atoms with Crippen LogP contribution in [0.2, 0.25) is 0 Å². The number of benzene rings is 1. The Morgan fingerprint density at radius 3 is 2.52 bits per heavy atom. The summed E-state index contributed by atoms with van der Waals surface area (Å²) >= 11 is 0. The Morgan fingerprint density at radius 1 is 1.19 bits per heavy atom. The fourth-order valence-corrected chi connectivity index (χ4v) is 2.70. The zero-order chi connectivity index (χ0) is 15.2. The van der Waals surface area contributed by atoms with Gasteiger partial charge in [0, 0.05) is 12.1 Å². The number of carbonyl (C=O) groups is 1. The molecular formula is C16H23NO4. The van der Waals surface area contributed by atoms with E-state index in [4.69, 9.17) is 19.9 Å². The molecule has 0 aliphatic heterocycles. The number of esters is 1. The molecule has 5 heteroatoms. The largest absolute Gasteiger partial charge is 0.493 e. The molecule has 21 heavy (non-hydrogen) atoms. The molecule has 1 saturated carbocycles. The number of methoxy groups -OCH3 is 2. The molecule has 1 aromatic rings.